The van der Waals surface area contributed by atoms with Gasteiger partial charge in [-0.1, -0.05) is 23.7 Å². The van der Waals surface area contributed by atoms with E-state index in [0.717, 1.165) is 5.02 Å². The largest absolute Gasteiger partial charge is 0.312 e. The van der Waals surface area contributed by atoms with Crippen molar-refractivity contribution in [1.29, 1.82) is 0 Å². The van der Waals surface area contributed by atoms with Gasteiger partial charge in [-0.3, -0.25) is 9.80 Å². The van der Waals surface area contributed by atoms with E-state index in [2.05, 4.69) is 34.3 Å². The molecule has 3 nitrogen and oxygen atoms in total. The molecule has 3 aliphatic rings. The molecule has 0 spiro atoms. The monoisotopic (exact) mass is 265 g/mol. The van der Waals surface area contributed by atoms with Crippen LogP contribution in [-0.4, -0.2) is 55.6 Å². The van der Waals surface area contributed by atoms with Crippen LogP contribution in [0.1, 0.15) is 11.6 Å². The van der Waals surface area contributed by atoms with Gasteiger partial charge >= 0.3 is 0 Å². The smallest absolute Gasteiger partial charge is 0.0488 e. The molecule has 0 amide bonds. The summed E-state index contributed by atoms with van der Waals surface area (Å²) >= 11 is 5.97. The van der Waals surface area contributed by atoms with Crippen molar-refractivity contribution >= 4 is 11.6 Å². The molecule has 3 aliphatic heterocycles. The average Bonchev–Trinajstić information content (AvgIpc) is 2.43. The molecule has 4 heteroatoms. The van der Waals surface area contributed by atoms with Gasteiger partial charge in [-0.2, -0.15) is 0 Å². The first-order valence-corrected chi connectivity index (χ1v) is 7.05. The first kappa shape index (κ1) is 12.4. The topological polar surface area (TPSA) is 18.5 Å². The highest BCUT2D eigenvalue weighted by atomic mass is 35.5. The van der Waals surface area contributed by atoms with Crippen LogP contribution < -0.4 is 5.32 Å². The Labute approximate surface area is 114 Å². The molecule has 1 aromatic carbocycles. The molecule has 98 valence electrons. The number of benzene rings is 1. The molecular formula is C14H20ClN3. The molecular weight excluding hydrogens is 246 g/mol. The van der Waals surface area contributed by atoms with Gasteiger partial charge in [0, 0.05) is 49.8 Å². The Morgan fingerprint density at radius 1 is 1.17 bits per heavy atom. The van der Waals surface area contributed by atoms with E-state index in [1.807, 2.05) is 12.1 Å². The molecule has 3 fully saturated rings. The summed E-state index contributed by atoms with van der Waals surface area (Å²) in [6, 6.07) is 9.23. The highest BCUT2D eigenvalue weighted by Crippen LogP contribution is 2.27. The molecule has 3 heterocycles. The Hall–Kier alpha value is -0.610. The SMILES string of the molecule is CNC(c1ccc(Cl)cc1)C1CN2CCN1CC2. The van der Waals surface area contributed by atoms with Crippen molar-refractivity contribution in [3.63, 3.8) is 0 Å². The number of hydrogen-bond donors (Lipinski definition) is 1. The second-order valence-corrected chi connectivity index (χ2v) is 5.66. The Morgan fingerprint density at radius 3 is 2.33 bits per heavy atom. The van der Waals surface area contributed by atoms with Crippen molar-refractivity contribution in [1.82, 2.24) is 15.1 Å². The predicted octanol–water partition coefficient (Wildman–Crippen LogP) is 1.60. The van der Waals surface area contributed by atoms with Gasteiger partial charge in [0.1, 0.15) is 0 Å². The fraction of sp³-hybridized carbons (Fsp3) is 0.571. The zero-order valence-electron chi connectivity index (χ0n) is 10.8. The molecule has 3 saturated heterocycles. The molecule has 0 saturated carbocycles. The van der Waals surface area contributed by atoms with Crippen LogP contribution in [0, 0.1) is 0 Å². The molecule has 4 rings (SSSR count). The van der Waals surface area contributed by atoms with E-state index in [1.165, 1.54) is 38.3 Å². The van der Waals surface area contributed by atoms with E-state index >= 15 is 0 Å². The van der Waals surface area contributed by atoms with Gasteiger partial charge in [-0.05, 0) is 24.7 Å². The van der Waals surface area contributed by atoms with Crippen molar-refractivity contribution in [2.75, 3.05) is 39.8 Å². The van der Waals surface area contributed by atoms with Crippen LogP contribution in [0.25, 0.3) is 0 Å². The molecule has 1 aromatic rings. The fourth-order valence-corrected chi connectivity index (χ4v) is 3.35. The highest BCUT2D eigenvalue weighted by molar-refractivity contribution is 6.30. The summed E-state index contributed by atoms with van der Waals surface area (Å²) in [7, 11) is 2.05. The van der Waals surface area contributed by atoms with Gasteiger partial charge in [0.25, 0.3) is 0 Å². The van der Waals surface area contributed by atoms with Gasteiger partial charge in [0.2, 0.25) is 0 Å². The van der Waals surface area contributed by atoms with E-state index < -0.39 is 0 Å². The van der Waals surface area contributed by atoms with Crippen molar-refractivity contribution in [3.05, 3.63) is 34.9 Å². The second-order valence-electron chi connectivity index (χ2n) is 5.22. The maximum atomic E-state index is 5.97. The summed E-state index contributed by atoms with van der Waals surface area (Å²) in [4.78, 5) is 5.20. The van der Waals surface area contributed by atoms with Crippen LogP contribution in [0.15, 0.2) is 24.3 Å². The summed E-state index contributed by atoms with van der Waals surface area (Å²) in [5, 5.41) is 4.29. The van der Waals surface area contributed by atoms with Crippen LogP contribution in [0.3, 0.4) is 0 Å². The Kier molecular flexibility index (Phi) is 3.57. The van der Waals surface area contributed by atoms with Crippen LogP contribution in [0.5, 0.6) is 0 Å². The minimum Gasteiger partial charge on any atom is -0.312 e. The van der Waals surface area contributed by atoms with Crippen molar-refractivity contribution in [2.24, 2.45) is 0 Å². The zero-order valence-corrected chi connectivity index (χ0v) is 11.5. The lowest BCUT2D eigenvalue weighted by molar-refractivity contribution is -0.00254. The average molecular weight is 266 g/mol. The molecule has 2 bridgehead atoms. The Balaban J connectivity index is 1.81. The number of nitrogens with one attached hydrogen (secondary N) is 1. The van der Waals surface area contributed by atoms with Crippen molar-refractivity contribution in [3.8, 4) is 0 Å². The highest BCUT2D eigenvalue weighted by Gasteiger charge is 2.36. The molecule has 0 aliphatic carbocycles. The van der Waals surface area contributed by atoms with Gasteiger partial charge in [0.15, 0.2) is 0 Å². The number of hydrogen-bond acceptors (Lipinski definition) is 3. The van der Waals surface area contributed by atoms with E-state index in [9.17, 15) is 0 Å². The van der Waals surface area contributed by atoms with Crippen LogP contribution in [0.4, 0.5) is 0 Å². The van der Waals surface area contributed by atoms with E-state index in [1.54, 1.807) is 0 Å². The van der Waals surface area contributed by atoms with Gasteiger partial charge in [-0.15, -0.1) is 0 Å². The first-order valence-electron chi connectivity index (χ1n) is 6.67. The third kappa shape index (κ3) is 2.28. The van der Waals surface area contributed by atoms with E-state index in [0.29, 0.717) is 12.1 Å². The fourth-order valence-electron chi connectivity index (χ4n) is 3.23. The summed E-state index contributed by atoms with van der Waals surface area (Å²) in [5.41, 5.74) is 1.33. The zero-order chi connectivity index (χ0) is 12.5. The number of nitrogens with zero attached hydrogens (tertiary/aromatic N) is 2. The maximum Gasteiger partial charge on any atom is 0.0488 e. The number of halogens is 1. The van der Waals surface area contributed by atoms with E-state index in [4.69, 9.17) is 11.6 Å². The summed E-state index contributed by atoms with van der Waals surface area (Å²) in [6.07, 6.45) is 0. The second kappa shape index (κ2) is 5.17. The van der Waals surface area contributed by atoms with Gasteiger partial charge in [-0.25, -0.2) is 0 Å². The standard InChI is InChI=1S/C14H20ClN3/c1-16-14(11-2-4-12(15)5-3-11)13-10-17-6-8-18(13)9-7-17/h2-5,13-14,16H,6-10H2,1H3. The van der Waals surface area contributed by atoms with E-state index in [-0.39, 0.29) is 0 Å². The normalized spacial score (nSPS) is 32.4. The van der Waals surface area contributed by atoms with Crippen LogP contribution in [0.2, 0.25) is 5.02 Å². The molecule has 0 aromatic heterocycles. The van der Waals surface area contributed by atoms with Crippen LogP contribution >= 0.6 is 11.6 Å². The molecule has 18 heavy (non-hydrogen) atoms. The Bertz CT molecular complexity index is 398. The van der Waals surface area contributed by atoms with Crippen molar-refractivity contribution < 1.29 is 0 Å². The van der Waals surface area contributed by atoms with Gasteiger partial charge < -0.3 is 5.32 Å². The van der Waals surface area contributed by atoms with Gasteiger partial charge in [0.05, 0.1) is 0 Å². The number of likely N-dealkylation sites (N-methyl/N-ethyl adjacent to an activating group) is 1. The number of rotatable bonds is 3. The third-order valence-corrected chi connectivity index (χ3v) is 4.50. The number of fused-ring (bicyclic) bond motifs is 3. The van der Waals surface area contributed by atoms with Crippen LogP contribution in [-0.2, 0) is 0 Å². The Morgan fingerprint density at radius 2 is 1.83 bits per heavy atom. The molecule has 2 atom stereocenters. The third-order valence-electron chi connectivity index (χ3n) is 4.25. The quantitative estimate of drug-likeness (QED) is 0.896. The lowest BCUT2D eigenvalue weighted by Gasteiger charge is -2.50. The molecule has 1 N–H and O–H groups in total. The first-order chi connectivity index (χ1) is 8.78. The minimum atomic E-state index is 0.394. The van der Waals surface area contributed by atoms with Crippen molar-refractivity contribution in [2.45, 2.75) is 12.1 Å². The minimum absolute atomic E-state index is 0.394. The summed E-state index contributed by atoms with van der Waals surface area (Å²) < 4.78 is 0. The molecule has 2 unspecified atom stereocenters. The lowest BCUT2D eigenvalue weighted by atomic mass is 9.94. The number of piperazine rings is 3. The lowest BCUT2D eigenvalue weighted by Crippen LogP contribution is -2.63. The maximum absolute atomic E-state index is 5.97. The summed E-state index contributed by atoms with van der Waals surface area (Å²) in [5.74, 6) is 0. The predicted molar refractivity (Wildman–Crippen MR) is 75.1 cm³/mol. The molecule has 0 radical (unpaired) electrons. The summed E-state index contributed by atoms with van der Waals surface area (Å²) in [6.45, 7) is 6.04.